The number of nitrogens with two attached hydrogens (primary N) is 1. The van der Waals surface area contributed by atoms with E-state index in [9.17, 15) is 9.18 Å². The lowest BCUT2D eigenvalue weighted by molar-refractivity contribution is -0.125. The number of nitriles is 1. The number of carbonyl (C=O) groups excluding carboxylic acids is 1. The van der Waals surface area contributed by atoms with Crippen LogP contribution in [-0.2, 0) is 11.2 Å². The lowest BCUT2D eigenvalue weighted by Crippen LogP contribution is -2.47. The van der Waals surface area contributed by atoms with Gasteiger partial charge in [-0.2, -0.15) is 10.2 Å². The summed E-state index contributed by atoms with van der Waals surface area (Å²) < 4.78 is 14.2. The number of nitrogens with one attached hydrogen (secondary N) is 1. The number of amides is 1. The molecule has 2 atom stereocenters. The second kappa shape index (κ2) is 10.3. The van der Waals surface area contributed by atoms with E-state index in [0.717, 1.165) is 19.3 Å². The molecule has 3 aromatic rings. The molecule has 1 saturated heterocycles. The first-order chi connectivity index (χ1) is 16.4. The van der Waals surface area contributed by atoms with Crippen LogP contribution in [0.5, 0.6) is 0 Å². The number of nitrogens with zero attached hydrogens (tertiary/aromatic N) is 4. The fraction of sp³-hybridized carbons (Fsp3) is 0.308. The van der Waals surface area contributed by atoms with Crippen LogP contribution >= 0.6 is 0 Å². The Kier molecular flexibility index (Phi) is 7.02. The summed E-state index contributed by atoms with van der Waals surface area (Å²) in [4.78, 5) is 23.6. The molecule has 1 amide bonds. The van der Waals surface area contributed by atoms with Gasteiger partial charge >= 0.3 is 0 Å². The Hall–Kier alpha value is -3.99. The number of hydrogen-bond donors (Lipinski definition) is 2. The summed E-state index contributed by atoms with van der Waals surface area (Å²) in [5.74, 6) is -0.0824. The molecule has 0 aliphatic carbocycles. The molecule has 3 N–H and O–H groups in total. The monoisotopic (exact) mass is 458 g/mol. The standard InChI is InChI=1S/C26H27FN6O/c1-17-7-8-21(25(34)30-12-11-18-5-3-2-4-6-18)16-33(17)24-14-23(31-26(29)32-24)19-9-10-20(15-28)22(27)13-19/h2-6,9-10,13-14,17,21H,7-8,11-12,16H2,1H3,(H,30,34)(H2,29,31,32). The summed E-state index contributed by atoms with van der Waals surface area (Å²) >= 11 is 0. The van der Waals surface area contributed by atoms with E-state index in [1.54, 1.807) is 12.1 Å². The average Bonchev–Trinajstić information content (AvgIpc) is 2.84. The Morgan fingerprint density at radius 2 is 2.00 bits per heavy atom. The van der Waals surface area contributed by atoms with Crippen molar-refractivity contribution in [2.45, 2.75) is 32.2 Å². The van der Waals surface area contributed by atoms with Crippen LogP contribution in [-0.4, -0.2) is 35.0 Å². The second-order valence-electron chi connectivity index (χ2n) is 8.58. The molecule has 4 rings (SSSR count). The fourth-order valence-corrected chi connectivity index (χ4v) is 4.27. The van der Waals surface area contributed by atoms with Crippen LogP contribution in [0.3, 0.4) is 0 Å². The van der Waals surface area contributed by atoms with E-state index in [4.69, 9.17) is 11.0 Å². The number of aromatic nitrogens is 2. The largest absolute Gasteiger partial charge is 0.368 e. The third-order valence-corrected chi connectivity index (χ3v) is 6.22. The van der Waals surface area contributed by atoms with Gasteiger partial charge in [0.1, 0.15) is 17.7 Å². The van der Waals surface area contributed by atoms with Crippen molar-refractivity contribution in [2.75, 3.05) is 23.7 Å². The van der Waals surface area contributed by atoms with E-state index in [0.29, 0.717) is 30.2 Å². The van der Waals surface area contributed by atoms with Gasteiger partial charge in [0.15, 0.2) is 0 Å². The van der Waals surface area contributed by atoms with Gasteiger partial charge in [-0.25, -0.2) is 9.37 Å². The summed E-state index contributed by atoms with van der Waals surface area (Å²) in [5.41, 5.74) is 8.11. The summed E-state index contributed by atoms with van der Waals surface area (Å²) in [6, 6.07) is 18.1. The van der Waals surface area contributed by atoms with Crippen LogP contribution in [0, 0.1) is 23.1 Å². The van der Waals surface area contributed by atoms with E-state index in [-0.39, 0.29) is 29.4 Å². The van der Waals surface area contributed by atoms with Crippen LogP contribution < -0.4 is 16.0 Å². The maximum atomic E-state index is 14.2. The minimum Gasteiger partial charge on any atom is -0.368 e. The molecule has 2 aromatic carbocycles. The Morgan fingerprint density at radius 3 is 2.74 bits per heavy atom. The molecule has 1 fully saturated rings. The number of piperidine rings is 1. The van der Waals surface area contributed by atoms with Crippen molar-refractivity contribution in [1.82, 2.24) is 15.3 Å². The summed E-state index contributed by atoms with van der Waals surface area (Å²) in [6.07, 6.45) is 2.41. The predicted molar refractivity (Wildman–Crippen MR) is 129 cm³/mol. The summed E-state index contributed by atoms with van der Waals surface area (Å²) in [6.45, 7) is 3.18. The van der Waals surface area contributed by atoms with E-state index >= 15 is 0 Å². The molecule has 174 valence electrons. The van der Waals surface area contributed by atoms with Gasteiger partial charge in [-0.3, -0.25) is 4.79 Å². The predicted octanol–water partition coefficient (Wildman–Crippen LogP) is 3.70. The number of carbonyl (C=O) groups is 1. The lowest BCUT2D eigenvalue weighted by Gasteiger charge is -2.38. The first kappa shape index (κ1) is 23.2. The topological polar surface area (TPSA) is 108 Å². The van der Waals surface area contributed by atoms with Crippen LogP contribution in [0.15, 0.2) is 54.6 Å². The summed E-state index contributed by atoms with van der Waals surface area (Å²) in [5, 5.41) is 12.0. The van der Waals surface area contributed by atoms with Crippen molar-refractivity contribution in [3.63, 3.8) is 0 Å². The Balaban J connectivity index is 1.48. The lowest BCUT2D eigenvalue weighted by atomic mass is 9.92. The molecule has 34 heavy (non-hydrogen) atoms. The highest BCUT2D eigenvalue weighted by Gasteiger charge is 2.31. The SMILES string of the molecule is CC1CCC(C(=O)NCCc2ccccc2)CN1c1cc(-c2ccc(C#N)c(F)c2)nc(N)n1. The average molecular weight is 459 g/mol. The fourth-order valence-electron chi connectivity index (χ4n) is 4.27. The van der Waals surface area contributed by atoms with Crippen molar-refractivity contribution in [3.8, 4) is 17.3 Å². The molecule has 0 bridgehead atoms. The number of benzene rings is 2. The van der Waals surface area contributed by atoms with Gasteiger partial charge in [0.2, 0.25) is 11.9 Å². The van der Waals surface area contributed by atoms with Gasteiger partial charge in [-0.1, -0.05) is 36.4 Å². The van der Waals surface area contributed by atoms with Gasteiger partial charge in [0, 0.05) is 30.8 Å². The van der Waals surface area contributed by atoms with E-state index in [1.807, 2.05) is 36.4 Å². The van der Waals surface area contributed by atoms with E-state index in [1.165, 1.54) is 17.7 Å². The second-order valence-corrected chi connectivity index (χ2v) is 8.58. The maximum Gasteiger partial charge on any atom is 0.224 e. The van der Waals surface area contributed by atoms with Crippen molar-refractivity contribution in [3.05, 3.63) is 71.5 Å². The molecule has 2 unspecified atom stereocenters. The van der Waals surface area contributed by atoms with Crippen LogP contribution in [0.2, 0.25) is 0 Å². The van der Waals surface area contributed by atoms with Crippen LogP contribution in [0.1, 0.15) is 30.9 Å². The van der Waals surface area contributed by atoms with E-state index in [2.05, 4.69) is 27.1 Å². The van der Waals surface area contributed by atoms with Crippen molar-refractivity contribution >= 4 is 17.7 Å². The number of hydrogen-bond acceptors (Lipinski definition) is 6. The van der Waals surface area contributed by atoms with Crippen LogP contribution in [0.25, 0.3) is 11.3 Å². The quantitative estimate of drug-likeness (QED) is 0.583. The highest BCUT2D eigenvalue weighted by atomic mass is 19.1. The van der Waals surface area contributed by atoms with Gasteiger partial charge in [-0.15, -0.1) is 0 Å². The zero-order valence-electron chi connectivity index (χ0n) is 19.0. The number of anilines is 2. The first-order valence-corrected chi connectivity index (χ1v) is 11.4. The number of rotatable bonds is 6. The Labute approximate surface area is 198 Å². The molecular formula is C26H27FN6O. The van der Waals surface area contributed by atoms with Crippen molar-refractivity contribution in [1.29, 1.82) is 5.26 Å². The molecule has 8 heteroatoms. The third-order valence-electron chi connectivity index (χ3n) is 6.22. The molecule has 0 radical (unpaired) electrons. The zero-order valence-corrected chi connectivity index (χ0v) is 19.0. The van der Waals surface area contributed by atoms with Gasteiger partial charge < -0.3 is 16.0 Å². The number of halogens is 1. The zero-order chi connectivity index (χ0) is 24.1. The molecule has 2 heterocycles. The Morgan fingerprint density at radius 1 is 1.21 bits per heavy atom. The first-order valence-electron chi connectivity index (χ1n) is 11.4. The molecule has 1 aromatic heterocycles. The molecule has 7 nitrogen and oxygen atoms in total. The van der Waals surface area contributed by atoms with Crippen molar-refractivity contribution < 1.29 is 9.18 Å². The highest BCUT2D eigenvalue weighted by Crippen LogP contribution is 2.30. The highest BCUT2D eigenvalue weighted by molar-refractivity contribution is 5.79. The molecule has 1 aliphatic rings. The smallest absolute Gasteiger partial charge is 0.224 e. The van der Waals surface area contributed by atoms with Gasteiger partial charge in [0.25, 0.3) is 0 Å². The van der Waals surface area contributed by atoms with Gasteiger partial charge in [0.05, 0.1) is 17.2 Å². The minimum atomic E-state index is -0.614. The third kappa shape index (κ3) is 5.31. The normalized spacial score (nSPS) is 17.7. The number of nitrogen functional groups attached to an aromatic ring is 1. The van der Waals surface area contributed by atoms with Crippen molar-refractivity contribution in [2.24, 2.45) is 5.92 Å². The van der Waals surface area contributed by atoms with Gasteiger partial charge in [-0.05, 0) is 43.9 Å². The molecule has 0 saturated carbocycles. The molecule has 1 aliphatic heterocycles. The van der Waals surface area contributed by atoms with Crippen LogP contribution in [0.4, 0.5) is 16.2 Å². The molecule has 0 spiro atoms. The Bertz CT molecular complexity index is 1210. The minimum absolute atomic E-state index is 0.0308. The summed E-state index contributed by atoms with van der Waals surface area (Å²) in [7, 11) is 0. The molecular weight excluding hydrogens is 431 g/mol. The van der Waals surface area contributed by atoms with E-state index < -0.39 is 5.82 Å². The maximum absolute atomic E-state index is 14.2.